The molecule has 0 heterocycles. The Morgan fingerprint density at radius 2 is 1.23 bits per heavy atom. The average Bonchev–Trinajstić information content (AvgIpc) is 2.59. The topological polar surface area (TPSA) is 9.23 Å². The summed E-state index contributed by atoms with van der Waals surface area (Å²) in [6.45, 7) is 0. The summed E-state index contributed by atoms with van der Waals surface area (Å²) >= 11 is 3.61. The molecule has 0 aliphatic heterocycles. The van der Waals surface area contributed by atoms with E-state index in [2.05, 4.69) is 76.6 Å². The van der Waals surface area contributed by atoms with E-state index in [0.717, 1.165) is 47.9 Å². The van der Waals surface area contributed by atoms with Gasteiger partial charge in [0.15, 0.2) is 0 Å². The van der Waals surface area contributed by atoms with Crippen LogP contribution in [0.2, 0.25) is 0 Å². The van der Waals surface area contributed by atoms with E-state index in [1.165, 1.54) is 11.1 Å². The number of aryl methyl sites for hydroxylation is 2. The lowest BCUT2D eigenvalue weighted by Gasteiger charge is -2.33. The maximum atomic E-state index is 6.13. The largest absolute Gasteiger partial charge is 0.422 e. The number of hydrogen-bond donors (Lipinski definition) is 0. The van der Waals surface area contributed by atoms with Gasteiger partial charge in [0, 0.05) is 5.33 Å². The molecule has 0 unspecified atom stereocenters. The zero-order chi connectivity index (χ0) is 15.7. The van der Waals surface area contributed by atoms with Gasteiger partial charge in [-0.15, -0.1) is 0 Å². The summed E-state index contributed by atoms with van der Waals surface area (Å²) in [4.78, 5) is 0. The monoisotopic (exact) mass is 376 g/mol. The predicted octanol–water partition coefficient (Wildman–Crippen LogP) is 4.07. The van der Waals surface area contributed by atoms with Crippen molar-refractivity contribution in [1.29, 1.82) is 0 Å². The number of benzene rings is 2. The van der Waals surface area contributed by atoms with Crippen LogP contribution in [0, 0.1) is 0 Å². The molecule has 0 aliphatic carbocycles. The van der Waals surface area contributed by atoms with Gasteiger partial charge >= 0.3 is 0 Å². The van der Waals surface area contributed by atoms with Gasteiger partial charge in [-0.3, -0.25) is 0 Å². The van der Waals surface area contributed by atoms with E-state index in [1.807, 2.05) is 0 Å². The van der Waals surface area contributed by atoms with Crippen LogP contribution < -0.4 is 0 Å². The SMILES string of the molecule is [SiH3]OC(CCBr)(CCc1ccccc1)CCc1ccccc1. The molecule has 2 aromatic rings. The molecule has 0 N–H and O–H groups in total. The standard InChI is InChI=1S/C19H25BrOSi/c20-16-15-19(21-22,13-11-17-7-3-1-4-8-17)14-12-18-9-5-2-6-10-18/h1-10H,11-16H2,22H3. The molecule has 22 heavy (non-hydrogen) atoms. The maximum Gasteiger partial charge on any atom is 0.146 e. The quantitative estimate of drug-likeness (QED) is 0.473. The first-order chi connectivity index (χ1) is 10.8. The molecule has 0 fully saturated rings. The third kappa shape index (κ3) is 5.38. The summed E-state index contributed by atoms with van der Waals surface area (Å²) < 4.78 is 6.13. The summed E-state index contributed by atoms with van der Waals surface area (Å²) in [5, 5.41) is 0.999. The molecular weight excluding hydrogens is 352 g/mol. The molecule has 0 radical (unpaired) electrons. The van der Waals surface area contributed by atoms with Crippen molar-refractivity contribution in [3.05, 3.63) is 71.8 Å². The fraction of sp³-hybridized carbons (Fsp3) is 0.368. The molecular formula is C19H25BrOSi. The summed E-state index contributed by atoms with van der Waals surface area (Å²) in [5.41, 5.74) is 2.82. The van der Waals surface area contributed by atoms with Crippen molar-refractivity contribution in [2.45, 2.75) is 37.7 Å². The van der Waals surface area contributed by atoms with Gasteiger partial charge in [-0.2, -0.15) is 0 Å². The van der Waals surface area contributed by atoms with Gasteiger partial charge in [-0.05, 0) is 43.2 Å². The van der Waals surface area contributed by atoms with E-state index in [9.17, 15) is 0 Å². The highest BCUT2D eigenvalue weighted by molar-refractivity contribution is 9.09. The summed E-state index contributed by atoms with van der Waals surface area (Å²) in [7, 11) is 0.793. The van der Waals surface area contributed by atoms with Crippen LogP contribution in [-0.4, -0.2) is 21.4 Å². The van der Waals surface area contributed by atoms with Crippen LogP contribution in [0.4, 0.5) is 0 Å². The van der Waals surface area contributed by atoms with Crippen LogP contribution in [0.5, 0.6) is 0 Å². The van der Waals surface area contributed by atoms with Crippen molar-refractivity contribution in [3.8, 4) is 0 Å². The van der Waals surface area contributed by atoms with Crippen molar-refractivity contribution in [1.82, 2.24) is 0 Å². The van der Waals surface area contributed by atoms with Crippen molar-refractivity contribution >= 4 is 26.4 Å². The fourth-order valence-electron chi connectivity index (χ4n) is 2.89. The molecule has 0 amide bonds. The molecule has 0 bridgehead atoms. The van der Waals surface area contributed by atoms with Crippen molar-refractivity contribution < 1.29 is 4.43 Å². The van der Waals surface area contributed by atoms with Gasteiger partial charge < -0.3 is 4.43 Å². The highest BCUT2D eigenvalue weighted by atomic mass is 79.9. The number of hydrogen-bond acceptors (Lipinski definition) is 1. The highest BCUT2D eigenvalue weighted by Gasteiger charge is 2.27. The minimum atomic E-state index is 0.0153. The Hall–Kier alpha value is -0.903. The van der Waals surface area contributed by atoms with Gasteiger partial charge in [-0.25, -0.2) is 0 Å². The molecule has 0 atom stereocenters. The first-order valence-corrected chi connectivity index (χ1v) is 9.91. The Bertz CT molecular complexity index is 486. The Balaban J connectivity index is 1.99. The number of rotatable bonds is 9. The average molecular weight is 377 g/mol. The molecule has 1 nitrogen and oxygen atoms in total. The van der Waals surface area contributed by atoms with Crippen molar-refractivity contribution in [2.24, 2.45) is 0 Å². The molecule has 2 aromatic carbocycles. The Kier molecular flexibility index (Phi) is 7.36. The number of halogens is 1. The van der Waals surface area contributed by atoms with Gasteiger partial charge in [0.05, 0.1) is 5.60 Å². The van der Waals surface area contributed by atoms with Gasteiger partial charge in [-0.1, -0.05) is 76.6 Å². The summed E-state index contributed by atoms with van der Waals surface area (Å²) in [6.07, 6.45) is 5.45. The smallest absolute Gasteiger partial charge is 0.146 e. The van der Waals surface area contributed by atoms with E-state index in [4.69, 9.17) is 4.43 Å². The molecule has 3 heteroatoms. The van der Waals surface area contributed by atoms with Crippen LogP contribution in [0.3, 0.4) is 0 Å². The van der Waals surface area contributed by atoms with E-state index < -0.39 is 0 Å². The van der Waals surface area contributed by atoms with E-state index >= 15 is 0 Å². The molecule has 118 valence electrons. The third-order valence-corrected chi connectivity index (χ3v) is 5.67. The van der Waals surface area contributed by atoms with Gasteiger partial charge in [0.25, 0.3) is 0 Å². The first-order valence-electron chi connectivity index (χ1n) is 7.97. The Morgan fingerprint density at radius 1 is 0.773 bits per heavy atom. The zero-order valence-electron chi connectivity index (χ0n) is 13.3. The normalized spacial score (nSPS) is 11.7. The molecule has 0 aliphatic rings. The Labute approximate surface area is 145 Å². The summed E-state index contributed by atoms with van der Waals surface area (Å²) in [6, 6.07) is 21.5. The lowest BCUT2D eigenvalue weighted by atomic mass is 9.86. The third-order valence-electron chi connectivity index (χ3n) is 4.41. The van der Waals surface area contributed by atoms with E-state index in [-0.39, 0.29) is 5.60 Å². The lowest BCUT2D eigenvalue weighted by molar-refractivity contribution is 0.0582. The molecule has 0 spiro atoms. The Morgan fingerprint density at radius 3 is 1.59 bits per heavy atom. The second-order valence-electron chi connectivity index (χ2n) is 5.80. The van der Waals surface area contributed by atoms with Crippen LogP contribution in [-0.2, 0) is 17.3 Å². The van der Waals surface area contributed by atoms with Gasteiger partial charge in [0.2, 0.25) is 0 Å². The van der Waals surface area contributed by atoms with Gasteiger partial charge in [0.1, 0.15) is 10.5 Å². The van der Waals surface area contributed by atoms with Crippen LogP contribution >= 0.6 is 15.9 Å². The molecule has 0 aromatic heterocycles. The van der Waals surface area contributed by atoms with Crippen LogP contribution in [0.25, 0.3) is 0 Å². The predicted molar refractivity (Wildman–Crippen MR) is 102 cm³/mol. The zero-order valence-corrected chi connectivity index (χ0v) is 16.9. The minimum absolute atomic E-state index is 0.0153. The molecule has 0 saturated carbocycles. The lowest BCUT2D eigenvalue weighted by Crippen LogP contribution is -2.34. The summed E-state index contributed by atoms with van der Waals surface area (Å²) in [5.74, 6) is 0. The molecule has 0 saturated heterocycles. The van der Waals surface area contributed by atoms with E-state index in [0.29, 0.717) is 0 Å². The second-order valence-corrected chi connectivity index (χ2v) is 7.00. The van der Waals surface area contributed by atoms with Crippen LogP contribution in [0.15, 0.2) is 60.7 Å². The van der Waals surface area contributed by atoms with E-state index in [1.54, 1.807) is 0 Å². The van der Waals surface area contributed by atoms with Crippen LogP contribution in [0.1, 0.15) is 30.4 Å². The number of alkyl halides is 1. The first kappa shape index (κ1) is 17.5. The maximum absolute atomic E-state index is 6.13. The minimum Gasteiger partial charge on any atom is -0.422 e. The fourth-order valence-corrected chi connectivity index (χ4v) is 4.22. The molecule has 2 rings (SSSR count). The second kappa shape index (κ2) is 9.28. The van der Waals surface area contributed by atoms with Crippen molar-refractivity contribution in [2.75, 3.05) is 5.33 Å². The van der Waals surface area contributed by atoms with Crippen molar-refractivity contribution in [3.63, 3.8) is 0 Å². The highest BCUT2D eigenvalue weighted by Crippen LogP contribution is 2.29.